The van der Waals surface area contributed by atoms with Gasteiger partial charge in [-0.3, -0.25) is 9.59 Å². The number of carbonyl (C=O) groups excluding carboxylic acids is 2. The summed E-state index contributed by atoms with van der Waals surface area (Å²) >= 11 is 5.74. The lowest BCUT2D eigenvalue weighted by atomic mass is 10.1. The molecule has 1 unspecified atom stereocenters. The highest BCUT2D eigenvalue weighted by atomic mass is 35.5. The second kappa shape index (κ2) is 7.01. The van der Waals surface area contributed by atoms with Crippen molar-refractivity contribution in [1.29, 1.82) is 0 Å². The number of esters is 1. The Balaban J connectivity index is 2.67. The molecule has 98 valence electrons. The van der Waals surface area contributed by atoms with Gasteiger partial charge in [0.25, 0.3) is 0 Å². The maximum atomic E-state index is 11.9. The Bertz CT molecular complexity index is 417. The van der Waals surface area contributed by atoms with Gasteiger partial charge in [-0.15, -0.1) is 0 Å². The lowest BCUT2D eigenvalue weighted by Gasteiger charge is -2.13. The molecule has 0 heterocycles. The second-order valence-corrected chi connectivity index (χ2v) is 4.15. The zero-order valence-corrected chi connectivity index (χ0v) is 11.2. The van der Waals surface area contributed by atoms with Crippen molar-refractivity contribution in [3.05, 3.63) is 29.3 Å². The quantitative estimate of drug-likeness (QED) is 0.661. The van der Waals surface area contributed by atoms with Gasteiger partial charge in [-0.05, 0) is 37.6 Å². The van der Waals surface area contributed by atoms with Crippen LogP contribution >= 0.6 is 11.6 Å². The molecule has 0 bridgehead atoms. The first-order chi connectivity index (χ1) is 8.58. The highest BCUT2D eigenvalue weighted by molar-refractivity contribution is 6.30. The number of rotatable bonds is 5. The van der Waals surface area contributed by atoms with Crippen LogP contribution in [0.4, 0.5) is 5.69 Å². The fraction of sp³-hybridized carbons (Fsp3) is 0.385. The number of ether oxygens (including phenoxy) is 1. The van der Waals surface area contributed by atoms with Crippen molar-refractivity contribution in [2.24, 2.45) is 5.92 Å². The van der Waals surface area contributed by atoms with Crippen molar-refractivity contribution < 1.29 is 14.3 Å². The van der Waals surface area contributed by atoms with E-state index in [1.165, 1.54) is 0 Å². The first-order valence-corrected chi connectivity index (χ1v) is 6.19. The molecule has 0 spiro atoms. The van der Waals surface area contributed by atoms with Crippen molar-refractivity contribution in [2.75, 3.05) is 11.9 Å². The lowest BCUT2D eigenvalue weighted by molar-refractivity contribution is -0.151. The average molecular weight is 270 g/mol. The van der Waals surface area contributed by atoms with Gasteiger partial charge in [0.15, 0.2) is 0 Å². The Morgan fingerprint density at radius 1 is 1.28 bits per heavy atom. The Labute approximate surface area is 111 Å². The molecule has 0 aliphatic carbocycles. The van der Waals surface area contributed by atoms with Crippen molar-refractivity contribution in [1.82, 2.24) is 0 Å². The molecule has 0 aliphatic heterocycles. The van der Waals surface area contributed by atoms with Gasteiger partial charge in [0.2, 0.25) is 5.91 Å². The van der Waals surface area contributed by atoms with Crippen LogP contribution in [0.15, 0.2) is 24.3 Å². The van der Waals surface area contributed by atoms with E-state index in [1.807, 2.05) is 0 Å². The molecule has 1 rings (SSSR count). The smallest absolute Gasteiger partial charge is 0.318 e. The molecule has 1 aromatic carbocycles. The topological polar surface area (TPSA) is 55.4 Å². The first kappa shape index (κ1) is 14.5. The fourth-order valence-electron chi connectivity index (χ4n) is 1.46. The minimum absolute atomic E-state index is 0.267. The molecule has 0 radical (unpaired) electrons. The van der Waals surface area contributed by atoms with Crippen LogP contribution in [0.3, 0.4) is 0 Å². The number of hydrogen-bond donors (Lipinski definition) is 1. The number of hydrogen-bond acceptors (Lipinski definition) is 3. The van der Waals surface area contributed by atoms with E-state index in [2.05, 4.69) is 5.32 Å². The molecule has 1 amide bonds. The van der Waals surface area contributed by atoms with E-state index < -0.39 is 11.9 Å². The summed E-state index contributed by atoms with van der Waals surface area (Å²) < 4.78 is 4.85. The summed E-state index contributed by atoms with van der Waals surface area (Å²) in [6.07, 6.45) is 0.401. The molecule has 18 heavy (non-hydrogen) atoms. The number of halogens is 1. The van der Waals surface area contributed by atoms with E-state index in [-0.39, 0.29) is 12.5 Å². The number of anilines is 1. The highest BCUT2D eigenvalue weighted by Gasteiger charge is 2.25. The lowest BCUT2D eigenvalue weighted by Crippen LogP contribution is -2.30. The van der Waals surface area contributed by atoms with Gasteiger partial charge in [-0.2, -0.15) is 0 Å². The standard InChI is InChI=1S/C13H16ClNO3/c1-3-11(13(17)18-4-2)12(16)15-10-7-5-9(14)6-8-10/h5-8,11H,3-4H2,1-2H3,(H,15,16). The normalized spacial score (nSPS) is 11.7. The van der Waals surface area contributed by atoms with Gasteiger partial charge < -0.3 is 10.1 Å². The Morgan fingerprint density at radius 3 is 2.39 bits per heavy atom. The van der Waals surface area contributed by atoms with Crippen molar-refractivity contribution >= 4 is 29.2 Å². The zero-order valence-electron chi connectivity index (χ0n) is 10.4. The van der Waals surface area contributed by atoms with Gasteiger partial charge >= 0.3 is 5.97 Å². The van der Waals surface area contributed by atoms with Crippen LogP contribution in [0.25, 0.3) is 0 Å². The van der Waals surface area contributed by atoms with E-state index in [0.717, 1.165) is 0 Å². The number of nitrogens with one attached hydrogen (secondary N) is 1. The minimum atomic E-state index is -0.777. The molecule has 5 heteroatoms. The SMILES string of the molecule is CCOC(=O)C(CC)C(=O)Nc1ccc(Cl)cc1. The number of amides is 1. The molecule has 4 nitrogen and oxygen atoms in total. The predicted octanol–water partition coefficient (Wildman–Crippen LogP) is 2.87. The molecule has 1 atom stereocenters. The van der Waals surface area contributed by atoms with Crippen LogP contribution in [0.5, 0.6) is 0 Å². The van der Waals surface area contributed by atoms with Gasteiger partial charge in [0, 0.05) is 10.7 Å². The van der Waals surface area contributed by atoms with Crippen LogP contribution in [0, 0.1) is 5.92 Å². The fourth-order valence-corrected chi connectivity index (χ4v) is 1.59. The van der Waals surface area contributed by atoms with Crippen LogP contribution < -0.4 is 5.32 Å². The molecule has 0 saturated carbocycles. The molecule has 0 aliphatic rings. The highest BCUT2D eigenvalue weighted by Crippen LogP contribution is 2.15. The van der Waals surface area contributed by atoms with Crippen LogP contribution in [-0.2, 0) is 14.3 Å². The monoisotopic (exact) mass is 269 g/mol. The van der Waals surface area contributed by atoms with E-state index in [9.17, 15) is 9.59 Å². The molecular weight excluding hydrogens is 254 g/mol. The third-order valence-corrected chi connectivity index (χ3v) is 2.66. The van der Waals surface area contributed by atoms with Crippen LogP contribution in [0.2, 0.25) is 5.02 Å². The van der Waals surface area contributed by atoms with E-state index >= 15 is 0 Å². The molecule has 0 saturated heterocycles. The maximum absolute atomic E-state index is 11.9. The minimum Gasteiger partial charge on any atom is -0.465 e. The van der Waals surface area contributed by atoms with Crippen molar-refractivity contribution in [3.63, 3.8) is 0 Å². The van der Waals surface area contributed by atoms with Gasteiger partial charge in [-0.25, -0.2) is 0 Å². The zero-order chi connectivity index (χ0) is 13.5. The summed E-state index contributed by atoms with van der Waals surface area (Å²) in [6, 6.07) is 6.70. The summed E-state index contributed by atoms with van der Waals surface area (Å²) in [5.41, 5.74) is 0.604. The summed E-state index contributed by atoms with van der Waals surface area (Å²) in [7, 11) is 0. The van der Waals surface area contributed by atoms with Gasteiger partial charge in [0.05, 0.1) is 6.61 Å². The summed E-state index contributed by atoms with van der Waals surface area (Å²) in [5, 5.41) is 3.25. The molecule has 1 N–H and O–H groups in total. The van der Waals surface area contributed by atoms with Gasteiger partial charge in [-0.1, -0.05) is 18.5 Å². The largest absolute Gasteiger partial charge is 0.465 e. The van der Waals surface area contributed by atoms with E-state index in [1.54, 1.807) is 38.1 Å². The molecular formula is C13H16ClNO3. The third kappa shape index (κ3) is 4.04. The van der Waals surface area contributed by atoms with E-state index in [0.29, 0.717) is 17.1 Å². The van der Waals surface area contributed by atoms with Crippen molar-refractivity contribution in [2.45, 2.75) is 20.3 Å². The Morgan fingerprint density at radius 2 is 1.89 bits per heavy atom. The number of benzene rings is 1. The Kier molecular flexibility index (Phi) is 5.65. The summed E-state index contributed by atoms with van der Waals surface area (Å²) in [6.45, 7) is 3.74. The van der Waals surface area contributed by atoms with E-state index in [4.69, 9.17) is 16.3 Å². The molecule has 0 aromatic heterocycles. The Hall–Kier alpha value is -1.55. The van der Waals surface area contributed by atoms with Crippen LogP contribution in [-0.4, -0.2) is 18.5 Å². The van der Waals surface area contributed by atoms with Crippen molar-refractivity contribution in [3.8, 4) is 0 Å². The number of carbonyl (C=O) groups is 2. The predicted molar refractivity (Wildman–Crippen MR) is 70.5 cm³/mol. The summed E-state index contributed by atoms with van der Waals surface area (Å²) in [5.74, 6) is -1.63. The first-order valence-electron chi connectivity index (χ1n) is 5.81. The van der Waals surface area contributed by atoms with Crippen LogP contribution in [0.1, 0.15) is 20.3 Å². The third-order valence-electron chi connectivity index (χ3n) is 2.41. The second-order valence-electron chi connectivity index (χ2n) is 3.71. The maximum Gasteiger partial charge on any atom is 0.318 e. The van der Waals surface area contributed by atoms with Gasteiger partial charge in [0.1, 0.15) is 5.92 Å². The molecule has 0 fully saturated rings. The molecule has 1 aromatic rings. The summed E-state index contributed by atoms with van der Waals surface area (Å²) in [4.78, 5) is 23.5. The average Bonchev–Trinajstić information content (AvgIpc) is 2.33.